The number of fused-ring (bicyclic) bond motifs is 1. The third-order valence-corrected chi connectivity index (χ3v) is 3.41. The van der Waals surface area contributed by atoms with Crippen LogP contribution in [0.5, 0.6) is 5.75 Å². The first kappa shape index (κ1) is 13.9. The van der Waals surface area contributed by atoms with Crippen molar-refractivity contribution in [3.05, 3.63) is 29.3 Å². The summed E-state index contributed by atoms with van der Waals surface area (Å²) in [5.74, 6) is 0.968. The molecule has 0 spiro atoms. The average Bonchev–Trinajstić information content (AvgIpc) is 2.80. The first-order valence-electron chi connectivity index (χ1n) is 7.00. The number of rotatable bonds is 4. The van der Waals surface area contributed by atoms with Gasteiger partial charge in [0.2, 0.25) is 5.91 Å². The molecule has 0 saturated heterocycles. The highest BCUT2D eigenvalue weighted by Crippen LogP contribution is 2.25. The second-order valence-electron chi connectivity index (χ2n) is 6.14. The SMILES string of the molecule is CC(C)(C)C(=O)NCCOc1ccc2c(c1)CCC2. The van der Waals surface area contributed by atoms with Crippen LogP contribution in [0.1, 0.15) is 38.3 Å². The second kappa shape index (κ2) is 5.64. The summed E-state index contributed by atoms with van der Waals surface area (Å²) in [4.78, 5) is 11.7. The number of benzene rings is 1. The summed E-state index contributed by atoms with van der Waals surface area (Å²) in [6.07, 6.45) is 3.60. The normalized spacial score (nSPS) is 14.1. The van der Waals surface area contributed by atoms with Gasteiger partial charge in [0.25, 0.3) is 0 Å². The molecule has 0 bridgehead atoms. The van der Waals surface area contributed by atoms with Gasteiger partial charge in [-0.2, -0.15) is 0 Å². The predicted octanol–water partition coefficient (Wildman–Crippen LogP) is 2.72. The lowest BCUT2D eigenvalue weighted by atomic mass is 9.96. The Morgan fingerprint density at radius 1 is 1.26 bits per heavy atom. The van der Waals surface area contributed by atoms with Crippen LogP contribution in [0.25, 0.3) is 0 Å². The third-order valence-electron chi connectivity index (χ3n) is 3.41. The molecule has 0 aromatic heterocycles. The Morgan fingerprint density at radius 3 is 2.74 bits per heavy atom. The largest absolute Gasteiger partial charge is 0.492 e. The zero-order valence-electron chi connectivity index (χ0n) is 12.1. The zero-order valence-corrected chi connectivity index (χ0v) is 12.1. The summed E-state index contributed by atoms with van der Waals surface area (Å²) in [5.41, 5.74) is 2.53. The molecule has 3 nitrogen and oxygen atoms in total. The van der Waals surface area contributed by atoms with Gasteiger partial charge in [0, 0.05) is 5.41 Å². The highest BCUT2D eigenvalue weighted by atomic mass is 16.5. The van der Waals surface area contributed by atoms with Crippen LogP contribution >= 0.6 is 0 Å². The molecule has 1 aliphatic rings. The second-order valence-corrected chi connectivity index (χ2v) is 6.14. The highest BCUT2D eigenvalue weighted by Gasteiger charge is 2.20. The number of hydrogen-bond donors (Lipinski definition) is 1. The number of hydrogen-bond acceptors (Lipinski definition) is 2. The van der Waals surface area contributed by atoms with Gasteiger partial charge in [-0.3, -0.25) is 4.79 Å². The lowest BCUT2D eigenvalue weighted by Gasteiger charge is -2.17. The van der Waals surface area contributed by atoms with Crippen LogP contribution in [-0.4, -0.2) is 19.1 Å². The van der Waals surface area contributed by atoms with Gasteiger partial charge in [-0.05, 0) is 42.5 Å². The fourth-order valence-electron chi connectivity index (χ4n) is 2.24. The quantitative estimate of drug-likeness (QED) is 0.846. The smallest absolute Gasteiger partial charge is 0.225 e. The van der Waals surface area contributed by atoms with Crippen LogP contribution in [0.2, 0.25) is 0 Å². The third kappa shape index (κ3) is 3.72. The predicted molar refractivity (Wildman–Crippen MR) is 76.4 cm³/mol. The van der Waals surface area contributed by atoms with Crippen LogP contribution in [-0.2, 0) is 17.6 Å². The van der Waals surface area contributed by atoms with Crippen molar-refractivity contribution in [3.63, 3.8) is 0 Å². The molecule has 0 fully saturated rings. The van der Waals surface area contributed by atoms with Crippen LogP contribution in [0, 0.1) is 5.41 Å². The van der Waals surface area contributed by atoms with Crippen molar-refractivity contribution in [2.45, 2.75) is 40.0 Å². The highest BCUT2D eigenvalue weighted by molar-refractivity contribution is 5.81. The summed E-state index contributed by atoms with van der Waals surface area (Å²) in [7, 11) is 0. The van der Waals surface area contributed by atoms with Gasteiger partial charge in [-0.15, -0.1) is 0 Å². The Morgan fingerprint density at radius 2 is 2.00 bits per heavy atom. The number of nitrogens with one attached hydrogen (secondary N) is 1. The maximum atomic E-state index is 11.7. The van der Waals surface area contributed by atoms with E-state index in [-0.39, 0.29) is 11.3 Å². The van der Waals surface area contributed by atoms with Gasteiger partial charge < -0.3 is 10.1 Å². The summed E-state index contributed by atoms with van der Waals surface area (Å²) in [5, 5.41) is 2.88. The minimum atomic E-state index is -0.340. The average molecular weight is 261 g/mol. The molecule has 2 rings (SSSR count). The van der Waals surface area contributed by atoms with Gasteiger partial charge >= 0.3 is 0 Å². The van der Waals surface area contributed by atoms with E-state index in [1.165, 1.54) is 24.0 Å². The number of amides is 1. The Kier molecular flexibility index (Phi) is 4.13. The fourth-order valence-corrected chi connectivity index (χ4v) is 2.24. The van der Waals surface area contributed by atoms with E-state index in [0.717, 1.165) is 12.2 Å². The Bertz CT molecular complexity index is 460. The Hall–Kier alpha value is -1.51. The van der Waals surface area contributed by atoms with Gasteiger partial charge in [0.05, 0.1) is 6.54 Å². The molecule has 0 atom stereocenters. The van der Waals surface area contributed by atoms with E-state index in [1.54, 1.807) is 0 Å². The van der Waals surface area contributed by atoms with Crippen LogP contribution in [0.15, 0.2) is 18.2 Å². The molecule has 1 aromatic rings. The first-order valence-corrected chi connectivity index (χ1v) is 7.00. The van der Waals surface area contributed by atoms with Crippen molar-refractivity contribution in [1.82, 2.24) is 5.32 Å². The molecule has 0 saturated carbocycles. The minimum Gasteiger partial charge on any atom is -0.492 e. The molecule has 3 heteroatoms. The monoisotopic (exact) mass is 261 g/mol. The molecule has 104 valence electrons. The van der Waals surface area contributed by atoms with E-state index in [0.29, 0.717) is 13.2 Å². The summed E-state index contributed by atoms with van der Waals surface area (Å²) < 4.78 is 5.68. The van der Waals surface area contributed by atoms with Gasteiger partial charge in [0.15, 0.2) is 0 Å². The molecule has 1 aliphatic carbocycles. The Labute approximate surface area is 115 Å². The number of carbonyl (C=O) groups excluding carboxylic acids is 1. The van der Waals surface area contributed by atoms with Crippen molar-refractivity contribution in [2.24, 2.45) is 5.41 Å². The zero-order chi connectivity index (χ0) is 13.9. The summed E-state index contributed by atoms with van der Waals surface area (Å²) in [6, 6.07) is 6.31. The van der Waals surface area contributed by atoms with Crippen LogP contribution in [0.4, 0.5) is 0 Å². The molecule has 0 aliphatic heterocycles. The van der Waals surface area contributed by atoms with Gasteiger partial charge in [-0.25, -0.2) is 0 Å². The van der Waals surface area contributed by atoms with Gasteiger partial charge in [0.1, 0.15) is 12.4 Å². The molecule has 0 radical (unpaired) electrons. The van der Waals surface area contributed by atoms with E-state index in [2.05, 4.69) is 17.4 Å². The minimum absolute atomic E-state index is 0.0602. The number of carbonyl (C=O) groups is 1. The fraction of sp³-hybridized carbons (Fsp3) is 0.562. The van der Waals surface area contributed by atoms with Crippen LogP contribution < -0.4 is 10.1 Å². The summed E-state index contributed by atoms with van der Waals surface area (Å²) in [6.45, 7) is 6.78. The molecule has 1 amide bonds. The van der Waals surface area contributed by atoms with Crippen molar-refractivity contribution in [2.75, 3.05) is 13.2 Å². The number of aryl methyl sites for hydroxylation is 2. The van der Waals surface area contributed by atoms with Crippen molar-refractivity contribution in [1.29, 1.82) is 0 Å². The Balaban J connectivity index is 1.76. The molecular weight excluding hydrogens is 238 g/mol. The standard InChI is InChI=1S/C16H23NO2/c1-16(2,3)15(18)17-9-10-19-14-8-7-12-5-4-6-13(12)11-14/h7-8,11H,4-6,9-10H2,1-3H3,(H,17,18). The molecular formula is C16H23NO2. The maximum Gasteiger partial charge on any atom is 0.225 e. The van der Waals surface area contributed by atoms with Gasteiger partial charge in [-0.1, -0.05) is 26.8 Å². The molecule has 19 heavy (non-hydrogen) atoms. The maximum absolute atomic E-state index is 11.7. The molecule has 1 N–H and O–H groups in total. The lowest BCUT2D eigenvalue weighted by Crippen LogP contribution is -2.37. The topological polar surface area (TPSA) is 38.3 Å². The summed E-state index contributed by atoms with van der Waals surface area (Å²) >= 11 is 0. The van der Waals surface area contributed by atoms with Crippen molar-refractivity contribution >= 4 is 5.91 Å². The lowest BCUT2D eigenvalue weighted by molar-refractivity contribution is -0.128. The van der Waals surface area contributed by atoms with E-state index < -0.39 is 0 Å². The van der Waals surface area contributed by atoms with Crippen LogP contribution in [0.3, 0.4) is 0 Å². The number of ether oxygens (including phenoxy) is 1. The molecule has 0 unspecified atom stereocenters. The van der Waals surface area contributed by atoms with E-state index >= 15 is 0 Å². The van der Waals surface area contributed by atoms with E-state index in [4.69, 9.17) is 4.74 Å². The van der Waals surface area contributed by atoms with Crippen molar-refractivity contribution in [3.8, 4) is 5.75 Å². The first-order chi connectivity index (χ1) is 8.97. The molecule has 1 aromatic carbocycles. The van der Waals surface area contributed by atoms with Crippen molar-refractivity contribution < 1.29 is 9.53 Å². The van der Waals surface area contributed by atoms with E-state index in [1.807, 2.05) is 26.8 Å². The van der Waals surface area contributed by atoms with E-state index in [9.17, 15) is 4.79 Å². The molecule has 0 heterocycles.